The number of halogens is 3. The number of tetrazole rings is 1. The molecule has 2 rings (SSSR count). The molecule has 0 fully saturated rings. The Hall–Kier alpha value is -2.32. The van der Waals surface area contributed by atoms with Gasteiger partial charge in [-0.25, -0.2) is 4.68 Å². The highest BCUT2D eigenvalue weighted by Crippen LogP contribution is 2.30. The number of aryl methyl sites for hydroxylation is 1. The molecule has 1 aromatic carbocycles. The molecule has 2 aromatic rings. The van der Waals surface area contributed by atoms with Gasteiger partial charge in [-0.15, -0.1) is 5.10 Å². The smallest absolute Gasteiger partial charge is 0.390 e. The van der Waals surface area contributed by atoms with Gasteiger partial charge in [0.2, 0.25) is 0 Å². The first kappa shape index (κ1) is 14.1. The van der Waals surface area contributed by atoms with Gasteiger partial charge in [0.15, 0.2) is 5.82 Å². The summed E-state index contributed by atoms with van der Waals surface area (Å²) in [6, 6.07) is 4.75. The van der Waals surface area contributed by atoms with Crippen LogP contribution in [0.15, 0.2) is 18.2 Å². The van der Waals surface area contributed by atoms with Crippen LogP contribution in [0.25, 0.3) is 11.4 Å². The van der Waals surface area contributed by atoms with Crippen LogP contribution in [0, 0.1) is 0 Å². The lowest BCUT2D eigenvalue weighted by atomic mass is 10.1. The maximum atomic E-state index is 12.3. The highest BCUT2D eigenvalue weighted by molar-refractivity contribution is 5.67. The quantitative estimate of drug-likeness (QED) is 0.869. The lowest BCUT2D eigenvalue weighted by Crippen LogP contribution is -2.14. The van der Waals surface area contributed by atoms with Gasteiger partial charge in [-0.3, -0.25) is 0 Å². The molecule has 0 spiro atoms. The first-order valence-electron chi connectivity index (χ1n) is 5.67. The molecular weight excluding hydrogens is 275 g/mol. The van der Waals surface area contributed by atoms with Crippen molar-refractivity contribution >= 4 is 5.69 Å². The number of methoxy groups -OCH3 is 1. The fourth-order valence-electron chi connectivity index (χ4n) is 1.67. The van der Waals surface area contributed by atoms with Crippen LogP contribution in [0.3, 0.4) is 0 Å². The molecule has 0 atom stereocenters. The maximum Gasteiger partial charge on any atom is 0.390 e. The molecule has 9 heteroatoms. The average molecular weight is 287 g/mol. The highest BCUT2D eigenvalue weighted by atomic mass is 19.4. The molecule has 0 aliphatic rings. The van der Waals surface area contributed by atoms with Crippen LogP contribution in [-0.4, -0.2) is 33.5 Å². The van der Waals surface area contributed by atoms with E-state index in [2.05, 4.69) is 15.5 Å². The van der Waals surface area contributed by atoms with Crippen LogP contribution in [0.2, 0.25) is 0 Å². The predicted molar refractivity (Wildman–Crippen MR) is 64.9 cm³/mol. The fraction of sp³-hybridized carbons (Fsp3) is 0.364. The van der Waals surface area contributed by atoms with Crippen LogP contribution < -0.4 is 10.5 Å². The number of nitrogens with zero attached hydrogens (tertiary/aromatic N) is 4. The van der Waals surface area contributed by atoms with Gasteiger partial charge in [0.25, 0.3) is 0 Å². The molecule has 0 aliphatic heterocycles. The molecule has 0 aliphatic carbocycles. The van der Waals surface area contributed by atoms with Gasteiger partial charge in [0, 0.05) is 11.8 Å². The third kappa shape index (κ3) is 3.16. The Kier molecular flexibility index (Phi) is 3.77. The summed E-state index contributed by atoms with van der Waals surface area (Å²) in [6.45, 7) is -0.362. The van der Waals surface area contributed by atoms with Crippen molar-refractivity contribution in [2.24, 2.45) is 0 Å². The van der Waals surface area contributed by atoms with E-state index in [-0.39, 0.29) is 12.4 Å². The van der Waals surface area contributed by atoms with E-state index in [1.165, 1.54) is 7.11 Å². The Morgan fingerprint density at radius 1 is 1.35 bits per heavy atom. The second kappa shape index (κ2) is 5.35. The van der Waals surface area contributed by atoms with E-state index >= 15 is 0 Å². The number of nitrogens with two attached hydrogens (primary N) is 1. The van der Waals surface area contributed by atoms with Gasteiger partial charge >= 0.3 is 6.18 Å². The monoisotopic (exact) mass is 287 g/mol. The molecule has 0 saturated heterocycles. The number of benzene rings is 1. The van der Waals surface area contributed by atoms with Crippen LogP contribution >= 0.6 is 0 Å². The van der Waals surface area contributed by atoms with Gasteiger partial charge in [0.1, 0.15) is 5.75 Å². The summed E-state index contributed by atoms with van der Waals surface area (Å²) in [5.74, 6) is 0.596. The third-order valence-electron chi connectivity index (χ3n) is 2.61. The summed E-state index contributed by atoms with van der Waals surface area (Å²) in [6.07, 6.45) is -5.28. The lowest BCUT2D eigenvalue weighted by molar-refractivity contribution is -0.137. The Morgan fingerprint density at radius 2 is 2.10 bits per heavy atom. The zero-order valence-electron chi connectivity index (χ0n) is 10.6. The molecule has 0 saturated carbocycles. The predicted octanol–water partition coefficient (Wildman–Crippen LogP) is 1.88. The molecular formula is C11H12F3N5O. The Balaban J connectivity index is 2.32. The molecule has 1 aromatic heterocycles. The molecule has 0 bridgehead atoms. The van der Waals surface area contributed by atoms with E-state index in [0.717, 1.165) is 4.68 Å². The zero-order chi connectivity index (χ0) is 14.8. The average Bonchev–Trinajstić information content (AvgIpc) is 2.83. The minimum atomic E-state index is -4.27. The standard InChI is InChI=1S/C11H12F3N5O/c1-20-9-6-7(15)2-3-8(9)10-16-17-18-19(10)5-4-11(12,13)14/h2-3,6H,4-5,15H2,1H3. The summed E-state index contributed by atoms with van der Waals surface area (Å²) in [7, 11) is 1.43. The number of alkyl halides is 3. The number of hydrogen-bond acceptors (Lipinski definition) is 5. The third-order valence-corrected chi connectivity index (χ3v) is 2.61. The molecule has 0 amide bonds. The van der Waals surface area contributed by atoms with Crippen molar-refractivity contribution in [2.45, 2.75) is 19.1 Å². The number of rotatable bonds is 4. The number of nitrogen functional groups attached to an aromatic ring is 1. The van der Waals surface area contributed by atoms with Crippen molar-refractivity contribution in [3.8, 4) is 17.1 Å². The van der Waals surface area contributed by atoms with Crippen molar-refractivity contribution in [2.75, 3.05) is 12.8 Å². The topological polar surface area (TPSA) is 78.8 Å². The largest absolute Gasteiger partial charge is 0.496 e. The zero-order valence-corrected chi connectivity index (χ0v) is 10.6. The lowest BCUT2D eigenvalue weighted by Gasteiger charge is -2.10. The van der Waals surface area contributed by atoms with Crippen LogP contribution in [0.5, 0.6) is 5.75 Å². The first-order valence-corrected chi connectivity index (χ1v) is 5.67. The van der Waals surface area contributed by atoms with Crippen molar-refractivity contribution in [1.29, 1.82) is 0 Å². The summed E-state index contributed by atoms with van der Waals surface area (Å²) in [4.78, 5) is 0. The second-order valence-electron chi connectivity index (χ2n) is 4.05. The molecule has 1 heterocycles. The van der Waals surface area contributed by atoms with E-state index < -0.39 is 12.6 Å². The molecule has 6 nitrogen and oxygen atoms in total. The van der Waals surface area contributed by atoms with Crippen LogP contribution in [0.4, 0.5) is 18.9 Å². The number of ether oxygens (including phenoxy) is 1. The van der Waals surface area contributed by atoms with Gasteiger partial charge in [-0.2, -0.15) is 13.2 Å². The van der Waals surface area contributed by atoms with E-state index in [1.807, 2.05) is 0 Å². The van der Waals surface area contributed by atoms with Crippen molar-refractivity contribution in [1.82, 2.24) is 20.2 Å². The van der Waals surface area contributed by atoms with Gasteiger partial charge in [-0.1, -0.05) is 0 Å². The van der Waals surface area contributed by atoms with E-state index in [1.54, 1.807) is 18.2 Å². The minimum absolute atomic E-state index is 0.200. The van der Waals surface area contributed by atoms with Crippen molar-refractivity contribution < 1.29 is 17.9 Å². The summed E-state index contributed by atoms with van der Waals surface area (Å²) >= 11 is 0. The van der Waals surface area contributed by atoms with E-state index in [4.69, 9.17) is 10.5 Å². The number of anilines is 1. The Labute approximate surface area is 112 Å². The first-order chi connectivity index (χ1) is 9.40. The van der Waals surface area contributed by atoms with Crippen LogP contribution in [0.1, 0.15) is 6.42 Å². The van der Waals surface area contributed by atoms with E-state index in [9.17, 15) is 13.2 Å². The van der Waals surface area contributed by atoms with Crippen LogP contribution in [-0.2, 0) is 6.54 Å². The molecule has 20 heavy (non-hydrogen) atoms. The van der Waals surface area contributed by atoms with E-state index in [0.29, 0.717) is 17.0 Å². The summed E-state index contributed by atoms with van der Waals surface area (Å²) in [5.41, 5.74) is 6.58. The molecule has 2 N–H and O–H groups in total. The maximum absolute atomic E-state index is 12.3. The number of aromatic nitrogens is 4. The minimum Gasteiger partial charge on any atom is -0.496 e. The normalized spacial score (nSPS) is 11.6. The summed E-state index contributed by atoms with van der Waals surface area (Å²) in [5, 5.41) is 10.7. The highest BCUT2D eigenvalue weighted by Gasteiger charge is 2.28. The Morgan fingerprint density at radius 3 is 2.75 bits per heavy atom. The van der Waals surface area contributed by atoms with Gasteiger partial charge < -0.3 is 10.5 Å². The Bertz CT molecular complexity index is 596. The number of hydrogen-bond donors (Lipinski definition) is 1. The molecule has 0 unspecified atom stereocenters. The van der Waals surface area contributed by atoms with Gasteiger partial charge in [0.05, 0.1) is 25.6 Å². The summed E-state index contributed by atoms with van der Waals surface area (Å²) < 4.78 is 43.0. The molecule has 108 valence electrons. The van der Waals surface area contributed by atoms with Gasteiger partial charge in [-0.05, 0) is 22.6 Å². The fourth-order valence-corrected chi connectivity index (χ4v) is 1.67. The molecule has 0 radical (unpaired) electrons. The second-order valence-corrected chi connectivity index (χ2v) is 4.05. The van der Waals surface area contributed by atoms with Crippen molar-refractivity contribution in [3.63, 3.8) is 0 Å². The van der Waals surface area contributed by atoms with Crippen molar-refractivity contribution in [3.05, 3.63) is 18.2 Å². The SMILES string of the molecule is COc1cc(N)ccc1-c1nnnn1CCC(F)(F)F.